The summed E-state index contributed by atoms with van der Waals surface area (Å²) in [6, 6.07) is 16.1. The van der Waals surface area contributed by atoms with Gasteiger partial charge in [0.1, 0.15) is 5.58 Å². The summed E-state index contributed by atoms with van der Waals surface area (Å²) < 4.78 is 5.53. The number of carbonyl (C=O) groups excluding carboxylic acids is 1. The van der Waals surface area contributed by atoms with E-state index in [2.05, 4.69) is 5.32 Å². The zero-order valence-corrected chi connectivity index (χ0v) is 10.6. The van der Waals surface area contributed by atoms with E-state index in [4.69, 9.17) is 16.0 Å². The van der Waals surface area contributed by atoms with Crippen LogP contribution in [0.15, 0.2) is 59.0 Å². The van der Waals surface area contributed by atoms with Gasteiger partial charge in [-0.25, -0.2) is 0 Å². The first-order chi connectivity index (χ1) is 9.22. The Balaban J connectivity index is 1.84. The van der Waals surface area contributed by atoms with Crippen LogP contribution in [-0.2, 0) is 0 Å². The van der Waals surface area contributed by atoms with Crippen molar-refractivity contribution in [3.05, 3.63) is 65.2 Å². The molecule has 0 radical (unpaired) electrons. The SMILES string of the molecule is O=C(Nc1cc2ccccc2o1)c1ccc(Cl)cc1. The zero-order chi connectivity index (χ0) is 13.2. The standard InChI is InChI=1S/C15H10ClNO2/c16-12-7-5-10(6-8-12)15(18)17-14-9-11-3-1-2-4-13(11)19-14/h1-9H,(H,17,18). The number of hydrogen-bond donors (Lipinski definition) is 1. The van der Waals surface area contributed by atoms with Gasteiger partial charge >= 0.3 is 0 Å². The van der Waals surface area contributed by atoms with Gasteiger partial charge in [0.2, 0.25) is 5.88 Å². The van der Waals surface area contributed by atoms with E-state index in [0.717, 1.165) is 11.0 Å². The van der Waals surface area contributed by atoms with Crippen LogP contribution >= 0.6 is 11.6 Å². The quantitative estimate of drug-likeness (QED) is 0.753. The first-order valence-electron chi connectivity index (χ1n) is 5.78. The molecule has 3 aromatic rings. The number of halogens is 1. The molecule has 3 nitrogen and oxygen atoms in total. The fourth-order valence-electron chi connectivity index (χ4n) is 1.83. The van der Waals surface area contributed by atoms with Crippen molar-refractivity contribution in [2.75, 3.05) is 5.32 Å². The molecule has 0 atom stereocenters. The van der Waals surface area contributed by atoms with Gasteiger partial charge in [0.05, 0.1) is 0 Å². The van der Waals surface area contributed by atoms with Crippen molar-refractivity contribution in [1.29, 1.82) is 0 Å². The number of para-hydroxylation sites is 1. The van der Waals surface area contributed by atoms with Crippen LogP contribution in [0.1, 0.15) is 10.4 Å². The number of amides is 1. The molecule has 0 saturated heterocycles. The third-order valence-corrected chi connectivity index (χ3v) is 3.02. The molecule has 19 heavy (non-hydrogen) atoms. The summed E-state index contributed by atoms with van der Waals surface area (Å²) in [5.74, 6) is 0.205. The number of rotatable bonds is 2. The summed E-state index contributed by atoms with van der Waals surface area (Å²) in [7, 11) is 0. The Bertz CT molecular complexity index is 698. The predicted octanol–water partition coefficient (Wildman–Crippen LogP) is 4.34. The van der Waals surface area contributed by atoms with E-state index in [0.29, 0.717) is 16.5 Å². The molecule has 0 aliphatic heterocycles. The van der Waals surface area contributed by atoms with Crippen molar-refractivity contribution in [2.24, 2.45) is 0 Å². The van der Waals surface area contributed by atoms with Crippen molar-refractivity contribution in [3.63, 3.8) is 0 Å². The average molecular weight is 272 g/mol. The minimum absolute atomic E-state index is 0.226. The fraction of sp³-hybridized carbons (Fsp3) is 0. The van der Waals surface area contributed by atoms with Gasteiger partial charge in [-0.1, -0.05) is 29.8 Å². The molecule has 1 heterocycles. The van der Waals surface area contributed by atoms with Gasteiger partial charge in [0.25, 0.3) is 5.91 Å². The molecule has 1 amide bonds. The molecule has 0 fully saturated rings. The number of benzene rings is 2. The van der Waals surface area contributed by atoms with Crippen LogP contribution in [0.4, 0.5) is 5.88 Å². The average Bonchev–Trinajstić information content (AvgIpc) is 2.81. The molecule has 1 N–H and O–H groups in total. The second-order valence-corrected chi connectivity index (χ2v) is 4.55. The molecule has 0 unspecified atom stereocenters. The maximum atomic E-state index is 12.0. The molecule has 3 rings (SSSR count). The third kappa shape index (κ3) is 2.46. The molecule has 0 bridgehead atoms. The van der Waals surface area contributed by atoms with Gasteiger partial charge in [-0.2, -0.15) is 0 Å². The van der Waals surface area contributed by atoms with E-state index in [1.165, 1.54) is 0 Å². The topological polar surface area (TPSA) is 42.2 Å². The Morgan fingerprint density at radius 1 is 1.05 bits per heavy atom. The van der Waals surface area contributed by atoms with Gasteiger partial charge in [0, 0.05) is 22.0 Å². The van der Waals surface area contributed by atoms with E-state index >= 15 is 0 Å². The number of anilines is 1. The second kappa shape index (κ2) is 4.78. The Morgan fingerprint density at radius 2 is 1.79 bits per heavy atom. The van der Waals surface area contributed by atoms with Crippen LogP contribution in [0, 0.1) is 0 Å². The Morgan fingerprint density at radius 3 is 2.53 bits per heavy atom. The first-order valence-corrected chi connectivity index (χ1v) is 6.16. The number of nitrogens with one attached hydrogen (secondary N) is 1. The van der Waals surface area contributed by atoms with Gasteiger partial charge < -0.3 is 4.42 Å². The smallest absolute Gasteiger partial charge is 0.257 e. The van der Waals surface area contributed by atoms with E-state index in [9.17, 15) is 4.79 Å². The van der Waals surface area contributed by atoms with E-state index < -0.39 is 0 Å². The summed E-state index contributed by atoms with van der Waals surface area (Å²) in [6.45, 7) is 0. The van der Waals surface area contributed by atoms with E-state index in [1.807, 2.05) is 24.3 Å². The Hall–Kier alpha value is -2.26. The molecule has 4 heteroatoms. The molecule has 0 spiro atoms. The number of furan rings is 1. The van der Waals surface area contributed by atoms with Crippen molar-refractivity contribution in [3.8, 4) is 0 Å². The number of fused-ring (bicyclic) bond motifs is 1. The van der Waals surface area contributed by atoms with E-state index in [-0.39, 0.29) is 5.91 Å². The van der Waals surface area contributed by atoms with Gasteiger partial charge in [-0.3, -0.25) is 10.1 Å². The highest BCUT2D eigenvalue weighted by Gasteiger charge is 2.09. The summed E-state index contributed by atoms with van der Waals surface area (Å²) in [4.78, 5) is 12.0. The van der Waals surface area contributed by atoms with E-state index in [1.54, 1.807) is 30.3 Å². The molecule has 94 valence electrons. The van der Waals surface area contributed by atoms with Crippen molar-refractivity contribution < 1.29 is 9.21 Å². The van der Waals surface area contributed by atoms with Gasteiger partial charge in [-0.05, 0) is 30.3 Å². The van der Waals surface area contributed by atoms with Crippen LogP contribution in [0.25, 0.3) is 11.0 Å². The lowest BCUT2D eigenvalue weighted by Crippen LogP contribution is -2.10. The Labute approximate surface area is 114 Å². The molecule has 0 aliphatic rings. The predicted molar refractivity (Wildman–Crippen MR) is 75.6 cm³/mol. The lowest BCUT2D eigenvalue weighted by molar-refractivity contribution is 0.102. The molecule has 0 aliphatic carbocycles. The van der Waals surface area contributed by atoms with Crippen LogP contribution < -0.4 is 5.32 Å². The molecular weight excluding hydrogens is 262 g/mol. The van der Waals surface area contributed by atoms with Gasteiger partial charge in [0.15, 0.2) is 0 Å². The lowest BCUT2D eigenvalue weighted by atomic mass is 10.2. The number of hydrogen-bond acceptors (Lipinski definition) is 2. The minimum atomic E-state index is -0.226. The molecule has 0 saturated carbocycles. The molecular formula is C15H10ClNO2. The molecule has 1 aromatic heterocycles. The highest BCUT2D eigenvalue weighted by Crippen LogP contribution is 2.23. The fourth-order valence-corrected chi connectivity index (χ4v) is 1.95. The van der Waals surface area contributed by atoms with Crippen LogP contribution in [-0.4, -0.2) is 5.91 Å². The summed E-state index contributed by atoms with van der Waals surface area (Å²) in [5.41, 5.74) is 1.28. The van der Waals surface area contributed by atoms with Crippen molar-refractivity contribution in [2.45, 2.75) is 0 Å². The zero-order valence-electron chi connectivity index (χ0n) is 9.89. The summed E-state index contributed by atoms with van der Waals surface area (Å²) in [5, 5.41) is 4.27. The van der Waals surface area contributed by atoms with Crippen molar-refractivity contribution in [1.82, 2.24) is 0 Å². The second-order valence-electron chi connectivity index (χ2n) is 4.11. The highest BCUT2D eigenvalue weighted by molar-refractivity contribution is 6.30. The van der Waals surface area contributed by atoms with Crippen molar-refractivity contribution >= 4 is 34.4 Å². The highest BCUT2D eigenvalue weighted by atomic mass is 35.5. The third-order valence-electron chi connectivity index (χ3n) is 2.77. The summed E-state index contributed by atoms with van der Waals surface area (Å²) >= 11 is 5.78. The lowest BCUT2D eigenvalue weighted by Gasteiger charge is -2.01. The normalized spacial score (nSPS) is 10.6. The van der Waals surface area contributed by atoms with Gasteiger partial charge in [-0.15, -0.1) is 0 Å². The monoisotopic (exact) mass is 271 g/mol. The Kier molecular flexibility index (Phi) is 2.97. The summed E-state index contributed by atoms with van der Waals surface area (Å²) in [6.07, 6.45) is 0. The van der Waals surface area contributed by atoms with Crippen LogP contribution in [0.2, 0.25) is 5.02 Å². The molecule has 2 aromatic carbocycles. The maximum Gasteiger partial charge on any atom is 0.257 e. The minimum Gasteiger partial charge on any atom is -0.440 e. The van der Waals surface area contributed by atoms with Crippen LogP contribution in [0.3, 0.4) is 0 Å². The maximum absolute atomic E-state index is 12.0. The number of carbonyl (C=O) groups is 1. The first kappa shape index (κ1) is 11.8. The van der Waals surface area contributed by atoms with Crippen LogP contribution in [0.5, 0.6) is 0 Å². The largest absolute Gasteiger partial charge is 0.440 e.